The van der Waals surface area contributed by atoms with Crippen molar-refractivity contribution in [3.63, 3.8) is 0 Å². The van der Waals surface area contributed by atoms with Gasteiger partial charge in [0.25, 0.3) is 5.91 Å². The first-order valence-corrected chi connectivity index (χ1v) is 9.90. The highest BCUT2D eigenvalue weighted by Crippen LogP contribution is 2.23. The second-order valence-corrected chi connectivity index (χ2v) is 7.62. The molecule has 0 saturated heterocycles. The fourth-order valence-electron chi connectivity index (χ4n) is 3.22. The average molecular weight is 398 g/mol. The Morgan fingerprint density at radius 3 is 2.93 bits per heavy atom. The quantitative estimate of drug-likeness (QED) is 0.694. The summed E-state index contributed by atoms with van der Waals surface area (Å²) in [4.78, 5) is 35.0. The summed E-state index contributed by atoms with van der Waals surface area (Å²) in [6.07, 6.45) is 3.37. The molecule has 1 aliphatic heterocycles. The molecule has 4 rings (SSSR count). The van der Waals surface area contributed by atoms with Gasteiger partial charge in [-0.3, -0.25) is 9.59 Å². The topological polar surface area (TPSA) is 78.1 Å². The Bertz CT molecular complexity index is 996. The van der Waals surface area contributed by atoms with E-state index in [2.05, 4.69) is 15.3 Å². The van der Waals surface area contributed by atoms with Crippen LogP contribution in [0, 0.1) is 5.82 Å². The molecule has 0 saturated carbocycles. The number of aromatic amines is 1. The van der Waals surface area contributed by atoms with Crippen LogP contribution >= 0.6 is 11.3 Å². The van der Waals surface area contributed by atoms with Gasteiger partial charge in [-0.05, 0) is 54.1 Å². The lowest BCUT2D eigenvalue weighted by Crippen LogP contribution is -2.40. The van der Waals surface area contributed by atoms with Crippen LogP contribution in [0.15, 0.2) is 41.9 Å². The van der Waals surface area contributed by atoms with Crippen LogP contribution in [0.1, 0.15) is 27.5 Å². The summed E-state index contributed by atoms with van der Waals surface area (Å²) in [7, 11) is 0. The number of nitrogens with zero attached hydrogens (tertiary/aromatic N) is 2. The number of aryl methyl sites for hydroxylation is 1. The molecule has 0 bridgehead atoms. The van der Waals surface area contributed by atoms with Crippen molar-refractivity contribution >= 4 is 23.2 Å². The number of hydrogen-bond acceptors (Lipinski definition) is 4. The van der Waals surface area contributed by atoms with E-state index in [-0.39, 0.29) is 30.7 Å². The van der Waals surface area contributed by atoms with Gasteiger partial charge in [0, 0.05) is 11.4 Å². The third-order valence-corrected chi connectivity index (χ3v) is 5.65. The molecule has 2 aromatic heterocycles. The van der Waals surface area contributed by atoms with Crippen molar-refractivity contribution in [3.8, 4) is 11.3 Å². The smallest absolute Gasteiger partial charge is 0.255 e. The lowest BCUT2D eigenvalue weighted by Gasteiger charge is -2.19. The minimum atomic E-state index is -0.298. The maximum absolute atomic E-state index is 13.0. The van der Waals surface area contributed by atoms with Gasteiger partial charge in [-0.25, -0.2) is 9.37 Å². The predicted octanol–water partition coefficient (Wildman–Crippen LogP) is 2.98. The SMILES string of the molecule is O=C(CN1CCCc2sccc2C1=O)NCc1ncc(-c2ccc(F)cc2)[nH]1. The largest absolute Gasteiger partial charge is 0.347 e. The highest BCUT2D eigenvalue weighted by molar-refractivity contribution is 7.10. The van der Waals surface area contributed by atoms with Gasteiger partial charge >= 0.3 is 0 Å². The molecule has 8 heteroatoms. The highest BCUT2D eigenvalue weighted by Gasteiger charge is 2.24. The Morgan fingerprint density at radius 2 is 2.11 bits per heavy atom. The summed E-state index contributed by atoms with van der Waals surface area (Å²) >= 11 is 1.59. The number of carbonyl (C=O) groups excluding carboxylic acids is 2. The molecule has 1 aliphatic rings. The van der Waals surface area contributed by atoms with E-state index in [1.165, 1.54) is 12.1 Å². The summed E-state index contributed by atoms with van der Waals surface area (Å²) in [6, 6.07) is 7.92. The van der Waals surface area contributed by atoms with Gasteiger partial charge in [0.15, 0.2) is 0 Å². The van der Waals surface area contributed by atoms with Gasteiger partial charge in [0.1, 0.15) is 11.6 Å². The zero-order chi connectivity index (χ0) is 19.5. The molecule has 0 aliphatic carbocycles. The van der Waals surface area contributed by atoms with E-state index in [4.69, 9.17) is 0 Å². The van der Waals surface area contributed by atoms with Crippen molar-refractivity contribution in [2.45, 2.75) is 19.4 Å². The molecular formula is C20H19FN4O2S. The third kappa shape index (κ3) is 3.96. The monoisotopic (exact) mass is 398 g/mol. The summed E-state index contributed by atoms with van der Waals surface area (Å²) in [5.41, 5.74) is 2.27. The number of rotatable bonds is 5. The number of hydrogen-bond donors (Lipinski definition) is 2. The maximum atomic E-state index is 13.0. The molecule has 3 heterocycles. The van der Waals surface area contributed by atoms with Crippen molar-refractivity contribution < 1.29 is 14.0 Å². The van der Waals surface area contributed by atoms with Crippen LogP contribution in [0.3, 0.4) is 0 Å². The number of amides is 2. The van der Waals surface area contributed by atoms with Gasteiger partial charge in [-0.15, -0.1) is 11.3 Å². The molecule has 2 amide bonds. The minimum Gasteiger partial charge on any atom is -0.347 e. The molecule has 28 heavy (non-hydrogen) atoms. The van der Waals surface area contributed by atoms with E-state index in [0.717, 1.165) is 29.0 Å². The molecule has 2 N–H and O–H groups in total. The van der Waals surface area contributed by atoms with Gasteiger partial charge < -0.3 is 15.2 Å². The molecule has 0 fully saturated rings. The van der Waals surface area contributed by atoms with Crippen molar-refractivity contribution in [2.24, 2.45) is 0 Å². The molecule has 6 nitrogen and oxygen atoms in total. The number of aromatic nitrogens is 2. The molecule has 144 valence electrons. The fourth-order valence-corrected chi connectivity index (χ4v) is 4.13. The van der Waals surface area contributed by atoms with E-state index >= 15 is 0 Å². The Kier molecular flexibility index (Phi) is 5.21. The van der Waals surface area contributed by atoms with Crippen molar-refractivity contribution in [1.82, 2.24) is 20.2 Å². The van der Waals surface area contributed by atoms with Crippen LogP contribution < -0.4 is 5.32 Å². The number of halogens is 1. The standard InChI is InChI=1S/C20H19FN4O2S/c21-14-5-3-13(4-6-14)16-10-22-18(24-16)11-23-19(26)12-25-8-1-2-17-15(20(25)27)7-9-28-17/h3-7,9-10H,1-2,8,11-12H2,(H,22,24)(H,23,26). The van der Waals surface area contributed by atoms with Gasteiger partial charge in [-0.1, -0.05) is 0 Å². The second kappa shape index (κ2) is 7.93. The summed E-state index contributed by atoms with van der Waals surface area (Å²) < 4.78 is 13.0. The Hall–Kier alpha value is -3.00. The van der Waals surface area contributed by atoms with E-state index in [1.54, 1.807) is 34.6 Å². The first kappa shape index (κ1) is 18.4. The summed E-state index contributed by atoms with van der Waals surface area (Å²) in [5, 5.41) is 4.71. The van der Waals surface area contributed by atoms with Gasteiger partial charge in [-0.2, -0.15) is 0 Å². The van der Waals surface area contributed by atoms with E-state index in [1.807, 2.05) is 11.4 Å². The van der Waals surface area contributed by atoms with Crippen LogP contribution in [-0.2, 0) is 17.8 Å². The van der Waals surface area contributed by atoms with Gasteiger partial charge in [0.05, 0.1) is 30.5 Å². The third-order valence-electron chi connectivity index (χ3n) is 4.67. The van der Waals surface area contributed by atoms with E-state index in [9.17, 15) is 14.0 Å². The lowest BCUT2D eigenvalue weighted by molar-refractivity contribution is -0.122. The molecular weight excluding hydrogens is 379 g/mol. The number of imidazole rings is 1. The number of thiophene rings is 1. The Morgan fingerprint density at radius 1 is 1.29 bits per heavy atom. The Labute approximate surface area is 165 Å². The minimum absolute atomic E-state index is 0.0274. The molecule has 3 aromatic rings. The summed E-state index contributed by atoms with van der Waals surface area (Å²) in [6.45, 7) is 0.828. The molecule has 0 atom stereocenters. The summed E-state index contributed by atoms with van der Waals surface area (Å²) in [5.74, 6) is -0.0179. The zero-order valence-corrected chi connectivity index (χ0v) is 15.9. The van der Waals surface area contributed by atoms with E-state index < -0.39 is 0 Å². The van der Waals surface area contributed by atoms with Crippen LogP contribution in [0.25, 0.3) is 11.3 Å². The molecule has 0 radical (unpaired) electrons. The number of nitrogens with one attached hydrogen (secondary N) is 2. The molecule has 1 aromatic carbocycles. The molecule has 0 unspecified atom stereocenters. The maximum Gasteiger partial charge on any atom is 0.255 e. The van der Waals surface area contributed by atoms with Crippen LogP contribution in [0.5, 0.6) is 0 Å². The van der Waals surface area contributed by atoms with Crippen molar-refractivity contribution in [1.29, 1.82) is 0 Å². The normalized spacial score (nSPS) is 13.9. The van der Waals surface area contributed by atoms with Crippen LogP contribution in [-0.4, -0.2) is 39.8 Å². The lowest BCUT2D eigenvalue weighted by atomic mass is 10.2. The number of fused-ring (bicyclic) bond motifs is 1. The number of carbonyl (C=O) groups is 2. The second-order valence-electron chi connectivity index (χ2n) is 6.61. The van der Waals surface area contributed by atoms with Crippen molar-refractivity contribution in [2.75, 3.05) is 13.1 Å². The molecule has 0 spiro atoms. The van der Waals surface area contributed by atoms with Crippen LogP contribution in [0.4, 0.5) is 4.39 Å². The number of benzene rings is 1. The van der Waals surface area contributed by atoms with E-state index in [0.29, 0.717) is 17.9 Å². The fraction of sp³-hybridized carbons (Fsp3) is 0.250. The zero-order valence-electron chi connectivity index (χ0n) is 15.1. The van der Waals surface area contributed by atoms with Gasteiger partial charge in [0.2, 0.25) is 5.91 Å². The highest BCUT2D eigenvalue weighted by atomic mass is 32.1. The Balaban J connectivity index is 1.34. The first-order valence-electron chi connectivity index (χ1n) is 9.02. The first-order chi connectivity index (χ1) is 13.6. The van der Waals surface area contributed by atoms with Crippen molar-refractivity contribution in [3.05, 3.63) is 64.0 Å². The average Bonchev–Trinajstić information content (AvgIpc) is 3.32. The number of H-pyrrole nitrogens is 1. The van der Waals surface area contributed by atoms with Crippen LogP contribution in [0.2, 0.25) is 0 Å². The predicted molar refractivity (Wildman–Crippen MR) is 104 cm³/mol.